The van der Waals surface area contributed by atoms with Gasteiger partial charge in [-0.15, -0.1) is 0 Å². The topological polar surface area (TPSA) is 57.7 Å². The molecule has 0 saturated carbocycles. The van der Waals surface area contributed by atoms with Crippen LogP contribution in [0.1, 0.15) is 15.9 Å². The first-order valence-electron chi connectivity index (χ1n) is 8.97. The highest BCUT2D eigenvalue weighted by atomic mass is 32.2. The van der Waals surface area contributed by atoms with Crippen LogP contribution in [0.3, 0.4) is 0 Å². The zero-order valence-corrected chi connectivity index (χ0v) is 16.2. The SMILES string of the molecule is CS(=O)(=O)c1ccccc1C(=O)N1CCN(C/C=C/c2ccccc2)CC1. The van der Waals surface area contributed by atoms with Crippen molar-refractivity contribution in [1.82, 2.24) is 9.80 Å². The van der Waals surface area contributed by atoms with Crippen LogP contribution < -0.4 is 0 Å². The second-order valence-electron chi connectivity index (χ2n) is 6.67. The smallest absolute Gasteiger partial charge is 0.255 e. The van der Waals surface area contributed by atoms with Gasteiger partial charge in [0, 0.05) is 39.0 Å². The van der Waals surface area contributed by atoms with Crippen LogP contribution in [0.2, 0.25) is 0 Å². The Morgan fingerprint density at radius 3 is 2.26 bits per heavy atom. The van der Waals surface area contributed by atoms with Crippen LogP contribution in [0.25, 0.3) is 6.08 Å². The van der Waals surface area contributed by atoms with Gasteiger partial charge in [-0.25, -0.2) is 8.42 Å². The van der Waals surface area contributed by atoms with E-state index >= 15 is 0 Å². The number of sulfone groups is 1. The van der Waals surface area contributed by atoms with Crippen LogP contribution in [0, 0.1) is 0 Å². The average Bonchev–Trinajstić information content (AvgIpc) is 2.68. The first-order valence-corrected chi connectivity index (χ1v) is 10.9. The fraction of sp³-hybridized carbons (Fsp3) is 0.286. The van der Waals surface area contributed by atoms with Crippen LogP contribution in [-0.2, 0) is 9.84 Å². The van der Waals surface area contributed by atoms with Gasteiger partial charge < -0.3 is 4.90 Å². The maximum Gasteiger partial charge on any atom is 0.255 e. The van der Waals surface area contributed by atoms with Crippen molar-refractivity contribution in [3.63, 3.8) is 0 Å². The minimum Gasteiger partial charge on any atom is -0.336 e. The van der Waals surface area contributed by atoms with Crippen LogP contribution >= 0.6 is 0 Å². The van der Waals surface area contributed by atoms with Gasteiger partial charge in [-0.2, -0.15) is 0 Å². The molecule has 0 unspecified atom stereocenters. The molecule has 2 aromatic carbocycles. The maximum atomic E-state index is 12.8. The molecule has 1 saturated heterocycles. The van der Waals surface area contributed by atoms with E-state index in [2.05, 4.69) is 29.2 Å². The van der Waals surface area contributed by atoms with E-state index < -0.39 is 9.84 Å². The Labute approximate surface area is 160 Å². The molecule has 0 radical (unpaired) electrons. The molecule has 3 rings (SSSR count). The molecule has 1 aliphatic heterocycles. The van der Waals surface area contributed by atoms with Gasteiger partial charge >= 0.3 is 0 Å². The van der Waals surface area contributed by atoms with Crippen molar-refractivity contribution >= 4 is 21.8 Å². The lowest BCUT2D eigenvalue weighted by Crippen LogP contribution is -2.48. The Bertz CT molecular complexity index is 915. The third kappa shape index (κ3) is 5.05. The summed E-state index contributed by atoms with van der Waals surface area (Å²) < 4.78 is 23.9. The Balaban J connectivity index is 1.58. The molecule has 27 heavy (non-hydrogen) atoms. The zero-order valence-electron chi connectivity index (χ0n) is 15.4. The Morgan fingerprint density at radius 1 is 0.963 bits per heavy atom. The number of rotatable bonds is 5. The van der Waals surface area contributed by atoms with Crippen LogP contribution in [-0.4, -0.2) is 63.1 Å². The summed E-state index contributed by atoms with van der Waals surface area (Å²) in [5, 5.41) is 0. The van der Waals surface area contributed by atoms with Gasteiger partial charge in [0.15, 0.2) is 9.84 Å². The van der Waals surface area contributed by atoms with Crippen molar-refractivity contribution in [3.8, 4) is 0 Å². The van der Waals surface area contributed by atoms with Gasteiger partial charge in [-0.1, -0.05) is 54.6 Å². The Kier molecular flexibility index (Phi) is 6.08. The molecule has 1 heterocycles. The van der Waals surface area contributed by atoms with Crippen molar-refractivity contribution in [2.45, 2.75) is 4.90 Å². The molecule has 0 spiro atoms. The summed E-state index contributed by atoms with van der Waals surface area (Å²) in [4.78, 5) is 16.9. The molecule has 1 amide bonds. The van der Waals surface area contributed by atoms with E-state index in [0.29, 0.717) is 13.1 Å². The summed E-state index contributed by atoms with van der Waals surface area (Å²) in [7, 11) is -3.43. The minimum atomic E-state index is -3.43. The summed E-state index contributed by atoms with van der Waals surface area (Å²) in [6.07, 6.45) is 5.36. The lowest BCUT2D eigenvalue weighted by Gasteiger charge is -2.34. The molecule has 0 aliphatic carbocycles. The number of benzene rings is 2. The van der Waals surface area contributed by atoms with Gasteiger partial charge in [0.1, 0.15) is 0 Å². The summed E-state index contributed by atoms with van der Waals surface area (Å²) >= 11 is 0. The predicted octanol–water partition coefficient (Wildman–Crippen LogP) is 2.56. The minimum absolute atomic E-state index is 0.100. The number of carbonyl (C=O) groups excluding carboxylic acids is 1. The first kappa shape index (κ1) is 19.3. The normalized spacial score (nSPS) is 16.0. The summed E-state index contributed by atoms with van der Waals surface area (Å²) in [6.45, 7) is 3.56. The van der Waals surface area contributed by atoms with Crippen LogP contribution in [0.4, 0.5) is 0 Å². The molecule has 0 atom stereocenters. The van der Waals surface area contributed by atoms with E-state index in [4.69, 9.17) is 0 Å². The molecule has 142 valence electrons. The number of amides is 1. The Hall–Kier alpha value is -2.44. The van der Waals surface area contributed by atoms with Crippen LogP contribution in [0.15, 0.2) is 65.6 Å². The van der Waals surface area contributed by atoms with Crippen molar-refractivity contribution in [2.75, 3.05) is 39.0 Å². The van der Waals surface area contributed by atoms with E-state index in [1.54, 1.807) is 23.1 Å². The number of carbonyl (C=O) groups is 1. The molecule has 0 N–H and O–H groups in total. The van der Waals surface area contributed by atoms with Gasteiger partial charge in [0.25, 0.3) is 5.91 Å². The fourth-order valence-electron chi connectivity index (χ4n) is 3.17. The van der Waals surface area contributed by atoms with E-state index in [-0.39, 0.29) is 16.4 Å². The van der Waals surface area contributed by atoms with Gasteiger partial charge in [0.2, 0.25) is 0 Å². The third-order valence-electron chi connectivity index (χ3n) is 4.65. The zero-order chi connectivity index (χ0) is 19.3. The quantitative estimate of drug-likeness (QED) is 0.795. The third-order valence-corrected chi connectivity index (χ3v) is 5.80. The monoisotopic (exact) mass is 384 g/mol. The number of nitrogens with zero attached hydrogens (tertiary/aromatic N) is 2. The number of piperazine rings is 1. The molecule has 0 bridgehead atoms. The van der Waals surface area contributed by atoms with Crippen molar-refractivity contribution < 1.29 is 13.2 Å². The highest BCUT2D eigenvalue weighted by Gasteiger charge is 2.25. The highest BCUT2D eigenvalue weighted by Crippen LogP contribution is 2.18. The fourth-order valence-corrected chi connectivity index (χ4v) is 4.05. The molecule has 2 aromatic rings. The second-order valence-corrected chi connectivity index (χ2v) is 8.66. The average molecular weight is 385 g/mol. The van der Waals surface area contributed by atoms with Gasteiger partial charge in [-0.05, 0) is 17.7 Å². The maximum absolute atomic E-state index is 12.8. The number of hydrogen-bond acceptors (Lipinski definition) is 4. The summed E-state index contributed by atoms with van der Waals surface area (Å²) in [5.41, 5.74) is 1.43. The second kappa shape index (κ2) is 8.50. The number of hydrogen-bond donors (Lipinski definition) is 0. The Morgan fingerprint density at radius 2 is 1.59 bits per heavy atom. The molecule has 1 aliphatic rings. The van der Waals surface area contributed by atoms with Crippen molar-refractivity contribution in [1.29, 1.82) is 0 Å². The summed E-state index contributed by atoms with van der Waals surface area (Å²) in [6, 6.07) is 16.6. The van der Waals surface area contributed by atoms with E-state index in [1.807, 2.05) is 18.2 Å². The standard InChI is InChI=1S/C21H24N2O3S/c1-27(25,26)20-12-6-5-11-19(20)21(24)23-16-14-22(15-17-23)13-7-10-18-8-3-2-4-9-18/h2-12H,13-17H2,1H3/b10-7+. The van der Waals surface area contributed by atoms with Crippen molar-refractivity contribution in [3.05, 3.63) is 71.8 Å². The lowest BCUT2D eigenvalue weighted by molar-refractivity contribution is 0.0646. The molecule has 0 aromatic heterocycles. The molecular weight excluding hydrogens is 360 g/mol. The predicted molar refractivity (Wildman–Crippen MR) is 107 cm³/mol. The van der Waals surface area contributed by atoms with Gasteiger partial charge in [0.05, 0.1) is 10.5 Å². The lowest BCUT2D eigenvalue weighted by atomic mass is 10.1. The van der Waals surface area contributed by atoms with E-state index in [9.17, 15) is 13.2 Å². The largest absolute Gasteiger partial charge is 0.336 e. The molecular formula is C21H24N2O3S. The molecule has 5 nitrogen and oxygen atoms in total. The van der Waals surface area contributed by atoms with E-state index in [0.717, 1.165) is 25.9 Å². The van der Waals surface area contributed by atoms with Crippen molar-refractivity contribution in [2.24, 2.45) is 0 Å². The molecule has 1 fully saturated rings. The van der Waals surface area contributed by atoms with Gasteiger partial charge in [-0.3, -0.25) is 9.69 Å². The van der Waals surface area contributed by atoms with Crippen LogP contribution in [0.5, 0.6) is 0 Å². The van der Waals surface area contributed by atoms with E-state index in [1.165, 1.54) is 11.6 Å². The first-order chi connectivity index (χ1) is 12.9. The highest BCUT2D eigenvalue weighted by molar-refractivity contribution is 7.90. The molecule has 6 heteroatoms. The summed E-state index contributed by atoms with van der Waals surface area (Å²) in [5.74, 6) is -0.212.